The molecule has 8 nitrogen and oxygen atoms in total. The molecule has 3 N–H and O–H groups in total. The lowest BCUT2D eigenvalue weighted by Crippen LogP contribution is -2.35. The van der Waals surface area contributed by atoms with Gasteiger partial charge in [0.05, 0.1) is 24.8 Å². The molecule has 4 rings (SSSR count). The summed E-state index contributed by atoms with van der Waals surface area (Å²) in [5.74, 6) is 1.46. The molecule has 0 aliphatic carbocycles. The van der Waals surface area contributed by atoms with Gasteiger partial charge in [-0.05, 0) is 36.2 Å². The highest BCUT2D eigenvalue weighted by Crippen LogP contribution is 2.30. The molecule has 8 heteroatoms. The number of hydrogen-bond acceptors (Lipinski definition) is 5. The molecule has 2 aromatic carbocycles. The number of rotatable bonds is 4. The highest BCUT2D eigenvalue weighted by Gasteiger charge is 2.21. The van der Waals surface area contributed by atoms with Gasteiger partial charge in [-0.3, -0.25) is 14.4 Å². The Kier molecular flexibility index (Phi) is 4.60. The maximum atomic E-state index is 12.5. The molecule has 1 aromatic heterocycles. The van der Waals surface area contributed by atoms with E-state index in [2.05, 4.69) is 15.3 Å². The minimum absolute atomic E-state index is 0.154. The Labute approximate surface area is 159 Å². The van der Waals surface area contributed by atoms with Crippen molar-refractivity contribution in [3.05, 3.63) is 68.2 Å². The number of amides is 1. The lowest BCUT2D eigenvalue weighted by molar-refractivity contribution is 0.0939. The third-order valence-electron chi connectivity index (χ3n) is 4.79. The van der Waals surface area contributed by atoms with Gasteiger partial charge in [0.1, 0.15) is 11.5 Å². The minimum atomic E-state index is -0.750. The molecule has 1 unspecified atom stereocenters. The molecule has 2 heterocycles. The highest BCUT2D eigenvalue weighted by molar-refractivity contribution is 5.97. The summed E-state index contributed by atoms with van der Waals surface area (Å²) in [5.41, 5.74) is 0.880. The average Bonchev–Trinajstić information content (AvgIpc) is 2.72. The fourth-order valence-electron chi connectivity index (χ4n) is 3.27. The van der Waals surface area contributed by atoms with E-state index in [1.54, 1.807) is 25.3 Å². The fraction of sp³-hybridized carbons (Fsp3) is 0.250. The summed E-state index contributed by atoms with van der Waals surface area (Å²) in [4.78, 5) is 40.2. The minimum Gasteiger partial charge on any atom is -0.497 e. The molecule has 0 fully saturated rings. The van der Waals surface area contributed by atoms with Crippen molar-refractivity contribution < 1.29 is 14.3 Å². The Morgan fingerprint density at radius 1 is 1.14 bits per heavy atom. The van der Waals surface area contributed by atoms with E-state index in [4.69, 9.17) is 9.47 Å². The number of aromatic amines is 2. The van der Waals surface area contributed by atoms with Crippen molar-refractivity contribution in [1.29, 1.82) is 0 Å². The van der Waals surface area contributed by atoms with E-state index in [0.29, 0.717) is 29.7 Å². The number of aromatic nitrogens is 2. The number of ether oxygens (including phenoxy) is 2. The Morgan fingerprint density at radius 3 is 2.71 bits per heavy atom. The highest BCUT2D eigenvalue weighted by atomic mass is 16.5. The van der Waals surface area contributed by atoms with Crippen molar-refractivity contribution in [2.24, 2.45) is 5.92 Å². The van der Waals surface area contributed by atoms with Crippen LogP contribution in [0.4, 0.5) is 0 Å². The third-order valence-corrected chi connectivity index (χ3v) is 4.79. The van der Waals surface area contributed by atoms with Gasteiger partial charge in [0.15, 0.2) is 0 Å². The van der Waals surface area contributed by atoms with Crippen molar-refractivity contribution in [3.63, 3.8) is 0 Å². The zero-order chi connectivity index (χ0) is 19.7. The SMILES string of the molecule is COc1ccc2c(c1)OCC(CNC(=O)c1ccc3[nH]c(=O)c(=O)[nH]c3c1)C2. The summed E-state index contributed by atoms with van der Waals surface area (Å²) in [5, 5.41) is 2.91. The molecule has 1 amide bonds. The maximum absolute atomic E-state index is 12.5. The van der Waals surface area contributed by atoms with E-state index in [1.165, 1.54) is 0 Å². The molecule has 1 aliphatic heterocycles. The van der Waals surface area contributed by atoms with Gasteiger partial charge in [-0.15, -0.1) is 0 Å². The van der Waals surface area contributed by atoms with Crippen molar-refractivity contribution in [3.8, 4) is 11.5 Å². The molecule has 28 heavy (non-hydrogen) atoms. The predicted molar refractivity (Wildman–Crippen MR) is 103 cm³/mol. The Morgan fingerprint density at radius 2 is 1.93 bits per heavy atom. The number of carbonyl (C=O) groups excluding carboxylic acids is 1. The zero-order valence-corrected chi connectivity index (χ0v) is 15.2. The lowest BCUT2D eigenvalue weighted by atomic mass is 9.96. The van der Waals surface area contributed by atoms with Gasteiger partial charge in [-0.25, -0.2) is 0 Å². The topological polar surface area (TPSA) is 113 Å². The first-order valence-corrected chi connectivity index (χ1v) is 8.88. The molecular weight excluding hydrogens is 362 g/mol. The van der Waals surface area contributed by atoms with Crippen LogP contribution < -0.4 is 25.9 Å². The molecule has 3 aromatic rings. The van der Waals surface area contributed by atoms with Gasteiger partial charge < -0.3 is 24.8 Å². The van der Waals surface area contributed by atoms with Crippen LogP contribution in [0.1, 0.15) is 15.9 Å². The van der Waals surface area contributed by atoms with E-state index in [-0.39, 0.29) is 11.8 Å². The monoisotopic (exact) mass is 381 g/mol. The van der Waals surface area contributed by atoms with Crippen molar-refractivity contribution in [1.82, 2.24) is 15.3 Å². The summed E-state index contributed by atoms with van der Waals surface area (Å²) < 4.78 is 11.0. The molecule has 0 spiro atoms. The molecule has 1 atom stereocenters. The predicted octanol–water partition coefficient (Wildman–Crippen LogP) is 1.21. The van der Waals surface area contributed by atoms with Crippen LogP contribution in [0.2, 0.25) is 0 Å². The largest absolute Gasteiger partial charge is 0.497 e. The van der Waals surface area contributed by atoms with Crippen LogP contribution >= 0.6 is 0 Å². The molecule has 0 saturated heterocycles. The van der Waals surface area contributed by atoms with Crippen LogP contribution in [0, 0.1) is 5.92 Å². The molecule has 144 valence electrons. The maximum Gasteiger partial charge on any atom is 0.314 e. The summed E-state index contributed by atoms with van der Waals surface area (Å²) in [6, 6.07) is 10.5. The van der Waals surface area contributed by atoms with Crippen LogP contribution in [0.3, 0.4) is 0 Å². The molecule has 0 saturated carbocycles. The van der Waals surface area contributed by atoms with Crippen molar-refractivity contribution in [2.75, 3.05) is 20.3 Å². The third kappa shape index (κ3) is 3.48. The van der Waals surface area contributed by atoms with Crippen molar-refractivity contribution >= 4 is 16.9 Å². The molecule has 1 aliphatic rings. The standard InChI is InChI=1S/C20H19N3O5/c1-27-14-4-2-12-6-11(10-28-17(12)8-14)9-21-18(24)13-3-5-15-16(7-13)23-20(26)19(25)22-15/h2-5,7-8,11H,6,9-10H2,1H3,(H,21,24)(H,22,25)(H,23,26). The first kappa shape index (κ1) is 17.8. The van der Waals surface area contributed by atoms with Gasteiger partial charge in [0.2, 0.25) is 0 Å². The van der Waals surface area contributed by atoms with Crippen LogP contribution in [-0.2, 0) is 6.42 Å². The number of nitrogens with one attached hydrogen (secondary N) is 3. The van der Waals surface area contributed by atoms with Gasteiger partial charge in [-0.1, -0.05) is 6.07 Å². The van der Waals surface area contributed by atoms with Gasteiger partial charge in [-0.2, -0.15) is 0 Å². The normalized spacial score (nSPS) is 15.5. The lowest BCUT2D eigenvalue weighted by Gasteiger charge is -2.25. The summed E-state index contributed by atoms with van der Waals surface area (Å²) >= 11 is 0. The number of hydrogen-bond donors (Lipinski definition) is 3. The second-order valence-corrected chi connectivity index (χ2v) is 6.73. The van der Waals surface area contributed by atoms with Crippen LogP contribution in [0.15, 0.2) is 46.0 Å². The second kappa shape index (κ2) is 7.22. The van der Waals surface area contributed by atoms with E-state index in [0.717, 1.165) is 23.5 Å². The number of carbonyl (C=O) groups is 1. The van der Waals surface area contributed by atoms with E-state index in [1.807, 2.05) is 18.2 Å². The van der Waals surface area contributed by atoms with Gasteiger partial charge in [0, 0.05) is 24.1 Å². The van der Waals surface area contributed by atoms with Gasteiger partial charge in [0.25, 0.3) is 5.91 Å². The quantitative estimate of drug-likeness (QED) is 0.588. The summed E-state index contributed by atoms with van der Waals surface area (Å²) in [7, 11) is 1.61. The van der Waals surface area contributed by atoms with Gasteiger partial charge >= 0.3 is 11.1 Å². The Balaban J connectivity index is 1.43. The number of benzene rings is 2. The van der Waals surface area contributed by atoms with E-state index < -0.39 is 11.1 Å². The van der Waals surface area contributed by atoms with Crippen LogP contribution in [0.25, 0.3) is 11.0 Å². The average molecular weight is 381 g/mol. The van der Waals surface area contributed by atoms with Crippen LogP contribution in [0.5, 0.6) is 11.5 Å². The first-order valence-electron chi connectivity index (χ1n) is 8.88. The Hall–Kier alpha value is -3.55. The number of fused-ring (bicyclic) bond motifs is 2. The van der Waals surface area contributed by atoms with E-state index in [9.17, 15) is 14.4 Å². The summed E-state index contributed by atoms with van der Waals surface area (Å²) in [6.07, 6.45) is 0.798. The van der Waals surface area contributed by atoms with Crippen molar-refractivity contribution in [2.45, 2.75) is 6.42 Å². The Bertz CT molecular complexity index is 1160. The first-order chi connectivity index (χ1) is 13.5. The fourth-order valence-corrected chi connectivity index (χ4v) is 3.27. The zero-order valence-electron chi connectivity index (χ0n) is 15.2. The molecule has 0 radical (unpaired) electrons. The van der Waals surface area contributed by atoms with Crippen LogP contribution in [-0.4, -0.2) is 36.1 Å². The molecule has 0 bridgehead atoms. The smallest absolute Gasteiger partial charge is 0.314 e. The summed E-state index contributed by atoms with van der Waals surface area (Å²) in [6.45, 7) is 0.969. The number of methoxy groups -OCH3 is 1. The van der Waals surface area contributed by atoms with E-state index >= 15 is 0 Å². The molecular formula is C20H19N3O5. The second-order valence-electron chi connectivity index (χ2n) is 6.73. The number of H-pyrrole nitrogens is 2.